The van der Waals surface area contributed by atoms with E-state index in [1.165, 1.54) is 4.90 Å². The Kier molecular flexibility index (Phi) is 4.51. The summed E-state index contributed by atoms with van der Waals surface area (Å²) in [5.74, 6) is -1.52. The molecule has 0 saturated heterocycles. The number of anilines is 1. The fraction of sp³-hybridized carbons (Fsp3) is 0.400. The zero-order valence-corrected chi connectivity index (χ0v) is 14.9. The quantitative estimate of drug-likeness (QED) is 0.651. The van der Waals surface area contributed by atoms with Crippen LogP contribution in [0.4, 0.5) is 5.69 Å². The van der Waals surface area contributed by atoms with Crippen molar-refractivity contribution in [2.75, 3.05) is 11.5 Å². The van der Waals surface area contributed by atoms with Crippen LogP contribution in [0.1, 0.15) is 49.7 Å². The first kappa shape index (κ1) is 17.5. The van der Waals surface area contributed by atoms with E-state index >= 15 is 0 Å². The molecule has 1 heterocycles. The Morgan fingerprint density at radius 1 is 1.04 bits per heavy atom. The maximum atomic E-state index is 12.8. The molecule has 4 rings (SSSR count). The topological polar surface area (TPSA) is 96.3 Å². The Hall–Kier alpha value is -2.96. The molecule has 0 saturated carbocycles. The van der Waals surface area contributed by atoms with Gasteiger partial charge in [-0.2, -0.15) is 0 Å². The number of rotatable bonds is 4. The summed E-state index contributed by atoms with van der Waals surface area (Å²) >= 11 is 0. The molecule has 0 fully saturated rings. The van der Waals surface area contributed by atoms with E-state index in [0.29, 0.717) is 41.8 Å². The fourth-order valence-corrected chi connectivity index (χ4v) is 4.01. The Balaban J connectivity index is 1.65. The number of carbonyl (C=O) groups excluding carboxylic acids is 2. The number of oxime groups is 1. The van der Waals surface area contributed by atoms with E-state index in [2.05, 4.69) is 5.16 Å². The predicted octanol–water partition coefficient (Wildman–Crippen LogP) is 2.57. The minimum atomic E-state index is -1.09. The third kappa shape index (κ3) is 3.13. The highest BCUT2D eigenvalue weighted by Crippen LogP contribution is 2.36. The molecule has 0 atom stereocenters. The normalized spacial score (nSPS) is 20.7. The molecule has 0 radical (unpaired) electrons. The summed E-state index contributed by atoms with van der Waals surface area (Å²) in [5, 5.41) is 12.7. The molecule has 1 aromatic carbocycles. The molecule has 0 spiro atoms. The summed E-state index contributed by atoms with van der Waals surface area (Å²) in [5.41, 5.74) is 4.36. The van der Waals surface area contributed by atoms with Gasteiger partial charge in [-0.1, -0.05) is 11.2 Å². The van der Waals surface area contributed by atoms with Gasteiger partial charge in [0.05, 0.1) is 11.4 Å². The number of carboxylic acids is 1. The second-order valence-corrected chi connectivity index (χ2v) is 7.01. The summed E-state index contributed by atoms with van der Waals surface area (Å²) in [7, 11) is 0. The average molecular weight is 368 g/mol. The molecular formula is C20H20N2O5. The van der Waals surface area contributed by atoms with Crippen LogP contribution in [-0.4, -0.2) is 35.2 Å². The number of fused-ring (bicyclic) bond motifs is 1. The number of imide groups is 1. The smallest absolute Gasteiger partial charge is 0.344 e. The average Bonchev–Trinajstić information content (AvgIpc) is 2.92. The van der Waals surface area contributed by atoms with Crippen molar-refractivity contribution in [3.63, 3.8) is 0 Å². The highest BCUT2D eigenvalue weighted by atomic mass is 16.6. The number of carboxylic acid groups (broad SMARTS) is 1. The second kappa shape index (κ2) is 6.98. The van der Waals surface area contributed by atoms with E-state index in [9.17, 15) is 14.4 Å². The number of amides is 2. The number of aryl methyl sites for hydroxylation is 1. The van der Waals surface area contributed by atoms with E-state index in [0.717, 1.165) is 36.8 Å². The summed E-state index contributed by atoms with van der Waals surface area (Å²) in [4.78, 5) is 42.4. The Morgan fingerprint density at radius 3 is 2.41 bits per heavy atom. The highest BCUT2D eigenvalue weighted by Gasteiger charge is 2.40. The summed E-state index contributed by atoms with van der Waals surface area (Å²) in [6.45, 7) is -0.502. The number of aliphatic carboxylic acids is 1. The zero-order chi connectivity index (χ0) is 19.0. The van der Waals surface area contributed by atoms with Gasteiger partial charge in [0.2, 0.25) is 6.61 Å². The molecular weight excluding hydrogens is 348 g/mol. The van der Waals surface area contributed by atoms with Gasteiger partial charge in [0.15, 0.2) is 0 Å². The lowest BCUT2D eigenvalue weighted by Crippen LogP contribution is -2.32. The van der Waals surface area contributed by atoms with Crippen molar-refractivity contribution in [2.45, 2.75) is 44.9 Å². The number of hydrogen-bond acceptors (Lipinski definition) is 5. The van der Waals surface area contributed by atoms with Crippen LogP contribution in [-0.2, 0) is 25.6 Å². The number of nitrogens with zero attached hydrogens (tertiary/aromatic N) is 2. The molecule has 1 aromatic rings. The third-order valence-electron chi connectivity index (χ3n) is 5.28. The molecule has 7 nitrogen and oxygen atoms in total. The van der Waals surface area contributed by atoms with Gasteiger partial charge in [-0.3, -0.25) is 9.59 Å². The van der Waals surface area contributed by atoms with Gasteiger partial charge in [0, 0.05) is 16.7 Å². The van der Waals surface area contributed by atoms with Crippen molar-refractivity contribution in [2.24, 2.45) is 5.16 Å². The first-order chi connectivity index (χ1) is 13.1. The Bertz CT molecular complexity index is 872. The van der Waals surface area contributed by atoms with E-state index in [4.69, 9.17) is 9.94 Å². The van der Waals surface area contributed by atoms with Crippen LogP contribution in [0.3, 0.4) is 0 Å². The van der Waals surface area contributed by atoms with Gasteiger partial charge in [-0.15, -0.1) is 0 Å². The maximum Gasteiger partial charge on any atom is 0.344 e. The van der Waals surface area contributed by atoms with Gasteiger partial charge in [0.1, 0.15) is 0 Å². The van der Waals surface area contributed by atoms with Crippen LogP contribution in [0, 0.1) is 0 Å². The lowest BCUT2D eigenvalue weighted by molar-refractivity contribution is -0.142. The second-order valence-electron chi connectivity index (χ2n) is 7.01. The van der Waals surface area contributed by atoms with Gasteiger partial charge in [-0.25, -0.2) is 9.69 Å². The zero-order valence-electron chi connectivity index (χ0n) is 14.9. The van der Waals surface area contributed by atoms with Crippen LogP contribution in [0.2, 0.25) is 0 Å². The lowest BCUT2D eigenvalue weighted by Gasteiger charge is -2.21. The SMILES string of the molecule is O=C(O)CON=C1CCCc2ccc(N3C(=O)C4=C(CCCC4)C3=O)cc21. The molecule has 1 N–H and O–H groups in total. The summed E-state index contributed by atoms with van der Waals surface area (Å²) < 4.78 is 0. The molecule has 27 heavy (non-hydrogen) atoms. The van der Waals surface area contributed by atoms with Crippen molar-refractivity contribution in [3.05, 3.63) is 40.5 Å². The minimum absolute atomic E-state index is 0.217. The number of carbonyl (C=O) groups is 3. The van der Waals surface area contributed by atoms with Crippen LogP contribution < -0.4 is 4.90 Å². The standard InChI is InChI=1S/C20H20N2O5/c23-18(24)11-27-21-17-7-3-4-12-8-9-13(10-16(12)17)22-19(25)14-5-1-2-6-15(14)20(22)26/h8-10H,1-7,11H2,(H,23,24). The molecule has 2 amide bonds. The van der Waals surface area contributed by atoms with Crippen LogP contribution in [0.5, 0.6) is 0 Å². The molecule has 1 aliphatic heterocycles. The van der Waals surface area contributed by atoms with Gasteiger partial charge in [-0.05, 0) is 62.6 Å². The predicted molar refractivity (Wildman–Crippen MR) is 97.5 cm³/mol. The van der Waals surface area contributed by atoms with E-state index in [1.807, 2.05) is 6.07 Å². The van der Waals surface area contributed by atoms with Gasteiger partial charge < -0.3 is 9.94 Å². The number of benzene rings is 1. The van der Waals surface area contributed by atoms with E-state index < -0.39 is 12.6 Å². The monoisotopic (exact) mass is 368 g/mol. The third-order valence-corrected chi connectivity index (χ3v) is 5.28. The summed E-state index contributed by atoms with van der Waals surface area (Å²) in [6, 6.07) is 5.51. The van der Waals surface area contributed by atoms with Crippen molar-refractivity contribution in [3.8, 4) is 0 Å². The Morgan fingerprint density at radius 2 is 1.74 bits per heavy atom. The lowest BCUT2D eigenvalue weighted by atomic mass is 9.89. The van der Waals surface area contributed by atoms with Crippen LogP contribution in [0.15, 0.2) is 34.5 Å². The number of hydrogen-bond donors (Lipinski definition) is 1. The molecule has 0 unspecified atom stereocenters. The Labute approximate surface area is 156 Å². The van der Waals surface area contributed by atoms with Gasteiger partial charge >= 0.3 is 5.97 Å². The first-order valence-electron chi connectivity index (χ1n) is 9.21. The molecule has 140 valence electrons. The van der Waals surface area contributed by atoms with Crippen molar-refractivity contribution >= 4 is 29.2 Å². The van der Waals surface area contributed by atoms with Crippen LogP contribution >= 0.6 is 0 Å². The molecule has 2 aliphatic carbocycles. The van der Waals surface area contributed by atoms with Crippen LogP contribution in [0.25, 0.3) is 0 Å². The highest BCUT2D eigenvalue weighted by molar-refractivity contribution is 6.33. The van der Waals surface area contributed by atoms with Crippen molar-refractivity contribution < 1.29 is 24.3 Å². The summed E-state index contributed by atoms with van der Waals surface area (Å²) in [6.07, 6.45) is 5.62. The van der Waals surface area contributed by atoms with Crippen molar-refractivity contribution in [1.29, 1.82) is 0 Å². The largest absolute Gasteiger partial charge is 0.479 e. The van der Waals surface area contributed by atoms with Crippen molar-refractivity contribution in [1.82, 2.24) is 0 Å². The maximum absolute atomic E-state index is 12.8. The fourth-order valence-electron chi connectivity index (χ4n) is 4.01. The minimum Gasteiger partial charge on any atom is -0.479 e. The molecule has 0 bridgehead atoms. The first-order valence-corrected chi connectivity index (χ1v) is 9.21. The molecule has 7 heteroatoms. The molecule has 0 aromatic heterocycles. The van der Waals surface area contributed by atoms with E-state index in [1.54, 1.807) is 12.1 Å². The van der Waals surface area contributed by atoms with Gasteiger partial charge in [0.25, 0.3) is 11.8 Å². The van der Waals surface area contributed by atoms with E-state index in [-0.39, 0.29) is 11.8 Å². The molecule has 3 aliphatic rings.